The van der Waals surface area contributed by atoms with E-state index >= 15 is 0 Å². The first-order valence-electron chi connectivity index (χ1n) is 4.26. The first-order valence-corrected chi connectivity index (χ1v) is 5.81. The van der Waals surface area contributed by atoms with E-state index in [0.717, 1.165) is 0 Å². The van der Waals surface area contributed by atoms with E-state index in [0.29, 0.717) is 26.3 Å². The second kappa shape index (κ2) is 4.99. The fraction of sp³-hybridized carbons (Fsp3) is 0. The van der Waals surface area contributed by atoms with Crippen LogP contribution in [0.3, 0.4) is 0 Å². The molecule has 0 saturated heterocycles. The van der Waals surface area contributed by atoms with Crippen molar-refractivity contribution in [2.24, 2.45) is 0 Å². The summed E-state index contributed by atoms with van der Waals surface area (Å²) >= 11 is 14.9. The van der Waals surface area contributed by atoms with Crippen molar-refractivity contribution in [2.75, 3.05) is 0 Å². The summed E-state index contributed by atoms with van der Waals surface area (Å²) in [6, 6.07) is 7.00. The Bertz CT molecular complexity index is 522. The summed E-state index contributed by atoms with van der Waals surface area (Å²) in [6.45, 7) is 0. The Hall–Kier alpha value is -0.840. The van der Waals surface area contributed by atoms with E-state index in [2.05, 4.69) is 25.9 Å². The Morgan fingerprint density at radius 1 is 1.19 bits per heavy atom. The predicted molar refractivity (Wildman–Crippen MR) is 66.3 cm³/mol. The van der Waals surface area contributed by atoms with Crippen LogP contribution in [-0.4, -0.2) is 9.97 Å². The highest BCUT2D eigenvalue weighted by molar-refractivity contribution is 9.10. The summed E-state index contributed by atoms with van der Waals surface area (Å²) in [7, 11) is 0. The second-order valence-corrected chi connectivity index (χ2v) is 4.43. The normalized spacial score (nSPS) is 10.2. The summed E-state index contributed by atoms with van der Waals surface area (Å²) in [4.78, 5) is 7.76. The van der Waals surface area contributed by atoms with Crippen molar-refractivity contribution >= 4 is 39.1 Å². The highest BCUT2D eigenvalue weighted by Crippen LogP contribution is 2.32. The molecule has 82 valence electrons. The molecule has 1 aromatic heterocycles. The molecule has 6 heteroatoms. The quantitative estimate of drug-likeness (QED) is 0.772. The molecule has 0 radical (unpaired) electrons. The van der Waals surface area contributed by atoms with Crippen molar-refractivity contribution in [3.63, 3.8) is 0 Å². The van der Waals surface area contributed by atoms with E-state index in [1.54, 1.807) is 24.3 Å². The van der Waals surface area contributed by atoms with E-state index in [-0.39, 0.29) is 0 Å². The minimum atomic E-state index is 0.298. The van der Waals surface area contributed by atoms with Gasteiger partial charge in [-0.05, 0) is 34.1 Å². The minimum absolute atomic E-state index is 0.298. The lowest BCUT2D eigenvalue weighted by Crippen LogP contribution is -1.91. The molecule has 1 aromatic carbocycles. The van der Waals surface area contributed by atoms with Crippen LogP contribution < -0.4 is 4.74 Å². The summed E-state index contributed by atoms with van der Waals surface area (Å²) in [5, 5.41) is 0.890. The molecule has 0 amide bonds. The molecule has 0 bridgehead atoms. The lowest BCUT2D eigenvalue weighted by atomic mass is 10.3. The molecule has 16 heavy (non-hydrogen) atoms. The fourth-order valence-electron chi connectivity index (χ4n) is 1.05. The number of benzene rings is 1. The summed E-state index contributed by atoms with van der Waals surface area (Å²) in [6.07, 6.45) is 1.33. The number of nitrogens with zero attached hydrogens (tertiary/aromatic N) is 2. The molecule has 0 spiro atoms. The van der Waals surface area contributed by atoms with E-state index in [9.17, 15) is 0 Å². The molecule has 0 aliphatic rings. The van der Waals surface area contributed by atoms with Crippen molar-refractivity contribution in [3.05, 3.63) is 45.2 Å². The van der Waals surface area contributed by atoms with Gasteiger partial charge in [-0.2, -0.15) is 0 Å². The minimum Gasteiger partial charge on any atom is -0.438 e. The first kappa shape index (κ1) is 11.6. The SMILES string of the molecule is Clc1cccc(Oc2ncnc(Cl)c2Br)c1. The number of halogens is 3. The molecule has 2 rings (SSSR count). The molecule has 0 unspecified atom stereocenters. The first-order chi connectivity index (χ1) is 7.66. The van der Waals surface area contributed by atoms with Gasteiger partial charge < -0.3 is 4.74 Å². The molecule has 0 N–H and O–H groups in total. The van der Waals surface area contributed by atoms with Crippen LogP contribution in [0.25, 0.3) is 0 Å². The van der Waals surface area contributed by atoms with Gasteiger partial charge in [0.2, 0.25) is 5.88 Å². The average molecular weight is 320 g/mol. The van der Waals surface area contributed by atoms with Crippen LogP contribution in [0.1, 0.15) is 0 Å². The molecule has 1 heterocycles. The van der Waals surface area contributed by atoms with Crippen LogP contribution in [0.2, 0.25) is 10.2 Å². The van der Waals surface area contributed by atoms with Crippen LogP contribution in [0.15, 0.2) is 35.1 Å². The van der Waals surface area contributed by atoms with E-state index < -0.39 is 0 Å². The zero-order valence-electron chi connectivity index (χ0n) is 7.82. The summed E-state index contributed by atoms with van der Waals surface area (Å²) in [5.74, 6) is 0.935. The van der Waals surface area contributed by atoms with Gasteiger partial charge in [-0.1, -0.05) is 29.3 Å². The van der Waals surface area contributed by atoms with Gasteiger partial charge in [-0.3, -0.25) is 0 Å². The summed E-state index contributed by atoms with van der Waals surface area (Å²) < 4.78 is 6.01. The number of ether oxygens (including phenoxy) is 1. The maximum absolute atomic E-state index is 5.83. The molecule has 0 atom stereocenters. The number of hydrogen-bond donors (Lipinski definition) is 0. The maximum atomic E-state index is 5.83. The Balaban J connectivity index is 2.31. The number of rotatable bonds is 2. The average Bonchev–Trinajstić information content (AvgIpc) is 2.25. The van der Waals surface area contributed by atoms with Gasteiger partial charge in [0.25, 0.3) is 0 Å². The van der Waals surface area contributed by atoms with E-state index in [1.807, 2.05) is 0 Å². The number of aromatic nitrogens is 2. The van der Waals surface area contributed by atoms with Crippen molar-refractivity contribution in [1.82, 2.24) is 9.97 Å². The predicted octanol–water partition coefficient (Wildman–Crippen LogP) is 4.34. The number of hydrogen-bond acceptors (Lipinski definition) is 3. The van der Waals surface area contributed by atoms with Gasteiger partial charge in [0.1, 0.15) is 16.5 Å². The molecule has 3 nitrogen and oxygen atoms in total. The van der Waals surface area contributed by atoms with Crippen LogP contribution in [-0.2, 0) is 0 Å². The molecule has 0 aliphatic heterocycles. The zero-order valence-corrected chi connectivity index (χ0v) is 10.9. The van der Waals surface area contributed by atoms with Crippen molar-refractivity contribution in [1.29, 1.82) is 0 Å². The molecular formula is C10H5BrCl2N2O. The molecular weight excluding hydrogens is 315 g/mol. The standard InChI is InChI=1S/C10H5BrCl2N2O/c11-8-9(13)14-5-15-10(8)16-7-3-1-2-6(12)4-7/h1-5H. The highest BCUT2D eigenvalue weighted by Gasteiger charge is 2.08. The monoisotopic (exact) mass is 318 g/mol. The molecule has 0 fully saturated rings. The van der Waals surface area contributed by atoms with E-state index in [1.165, 1.54) is 6.33 Å². The zero-order chi connectivity index (χ0) is 11.5. The van der Waals surface area contributed by atoms with E-state index in [4.69, 9.17) is 27.9 Å². The Morgan fingerprint density at radius 3 is 2.75 bits per heavy atom. The smallest absolute Gasteiger partial charge is 0.238 e. The Labute approximate surface area is 111 Å². The van der Waals surface area contributed by atoms with Crippen molar-refractivity contribution in [3.8, 4) is 11.6 Å². The van der Waals surface area contributed by atoms with Crippen LogP contribution >= 0.6 is 39.1 Å². The van der Waals surface area contributed by atoms with Crippen LogP contribution in [0.5, 0.6) is 11.6 Å². The third-order valence-corrected chi connectivity index (χ3v) is 3.19. The lowest BCUT2D eigenvalue weighted by molar-refractivity contribution is 0.458. The van der Waals surface area contributed by atoms with Crippen molar-refractivity contribution < 1.29 is 4.74 Å². The van der Waals surface area contributed by atoms with Gasteiger partial charge in [-0.15, -0.1) is 0 Å². The highest BCUT2D eigenvalue weighted by atomic mass is 79.9. The van der Waals surface area contributed by atoms with Crippen molar-refractivity contribution in [2.45, 2.75) is 0 Å². The van der Waals surface area contributed by atoms with Gasteiger partial charge in [0.05, 0.1) is 0 Å². The second-order valence-electron chi connectivity index (χ2n) is 2.84. The molecule has 2 aromatic rings. The maximum Gasteiger partial charge on any atom is 0.238 e. The van der Waals surface area contributed by atoms with Crippen LogP contribution in [0.4, 0.5) is 0 Å². The third-order valence-electron chi connectivity index (χ3n) is 1.73. The fourth-order valence-corrected chi connectivity index (χ4v) is 1.64. The third kappa shape index (κ3) is 2.64. The Morgan fingerprint density at radius 2 is 2.00 bits per heavy atom. The van der Waals surface area contributed by atoms with Crippen LogP contribution in [0, 0.1) is 0 Å². The van der Waals surface area contributed by atoms with Gasteiger partial charge >= 0.3 is 0 Å². The molecule has 0 saturated carbocycles. The Kier molecular flexibility index (Phi) is 3.63. The molecule has 0 aliphatic carbocycles. The summed E-state index contributed by atoms with van der Waals surface area (Å²) in [5.41, 5.74) is 0. The van der Waals surface area contributed by atoms with Gasteiger partial charge in [0.15, 0.2) is 5.15 Å². The largest absolute Gasteiger partial charge is 0.438 e. The van der Waals surface area contributed by atoms with Gasteiger partial charge in [-0.25, -0.2) is 9.97 Å². The topological polar surface area (TPSA) is 35.0 Å². The van der Waals surface area contributed by atoms with Gasteiger partial charge in [0, 0.05) is 5.02 Å². The lowest BCUT2D eigenvalue weighted by Gasteiger charge is -2.06.